The topological polar surface area (TPSA) is 45.8 Å². The molecule has 0 aliphatic rings. The molecule has 3 rings (SSSR count). The number of fused-ring (bicyclic) bond motifs is 1. The zero-order valence-electron chi connectivity index (χ0n) is 12.3. The standard InChI is InChI=1S/C16H15FN2OS2/c1-9-3-4-11(10(2)7-9)12-8-22-15-13(12)14(20)18-16(19-15)21-6-5-17/h3-4,7-8H,5-6H2,1-2H3,(H,18,19,20). The quantitative estimate of drug-likeness (QED) is 0.570. The molecule has 0 radical (unpaired) electrons. The van der Waals surface area contributed by atoms with Crippen molar-refractivity contribution in [2.75, 3.05) is 12.4 Å². The van der Waals surface area contributed by atoms with E-state index in [4.69, 9.17) is 0 Å². The van der Waals surface area contributed by atoms with Crippen LogP contribution in [0.15, 0.2) is 33.5 Å². The Bertz CT molecular complexity index is 885. The second-order valence-corrected chi connectivity index (χ2v) is 7.00. The molecule has 0 bridgehead atoms. The summed E-state index contributed by atoms with van der Waals surface area (Å²) in [5.74, 6) is 0.295. The number of thioether (sulfide) groups is 1. The number of nitrogens with one attached hydrogen (secondary N) is 1. The minimum absolute atomic E-state index is 0.164. The van der Waals surface area contributed by atoms with Crippen LogP contribution in [0.25, 0.3) is 21.3 Å². The van der Waals surface area contributed by atoms with Gasteiger partial charge in [-0.3, -0.25) is 9.18 Å². The smallest absolute Gasteiger partial charge is 0.260 e. The average Bonchev–Trinajstić information content (AvgIpc) is 2.89. The fourth-order valence-corrected chi connectivity index (χ4v) is 4.03. The van der Waals surface area contributed by atoms with E-state index in [0.717, 1.165) is 16.7 Å². The summed E-state index contributed by atoms with van der Waals surface area (Å²) in [5.41, 5.74) is 4.12. The zero-order valence-corrected chi connectivity index (χ0v) is 13.9. The van der Waals surface area contributed by atoms with Gasteiger partial charge in [-0.1, -0.05) is 35.5 Å². The van der Waals surface area contributed by atoms with E-state index in [9.17, 15) is 9.18 Å². The highest BCUT2D eigenvalue weighted by Crippen LogP contribution is 2.33. The van der Waals surface area contributed by atoms with E-state index in [0.29, 0.717) is 21.1 Å². The molecule has 0 saturated heterocycles. The van der Waals surface area contributed by atoms with Crippen LogP contribution in [-0.4, -0.2) is 22.4 Å². The summed E-state index contributed by atoms with van der Waals surface area (Å²) >= 11 is 2.67. The SMILES string of the molecule is Cc1ccc(-c2csc3nc(SCCF)[nH]c(=O)c23)c(C)c1. The number of hydrogen-bond acceptors (Lipinski definition) is 4. The van der Waals surface area contributed by atoms with Gasteiger partial charge in [0.15, 0.2) is 5.16 Å². The van der Waals surface area contributed by atoms with Crippen LogP contribution in [0, 0.1) is 13.8 Å². The normalized spacial score (nSPS) is 11.2. The number of aryl methyl sites for hydroxylation is 2. The summed E-state index contributed by atoms with van der Waals surface area (Å²) in [6.07, 6.45) is 0. The van der Waals surface area contributed by atoms with Gasteiger partial charge in [-0.05, 0) is 25.0 Å². The summed E-state index contributed by atoms with van der Waals surface area (Å²) in [6.45, 7) is 3.65. The van der Waals surface area contributed by atoms with Gasteiger partial charge in [0, 0.05) is 16.7 Å². The Labute approximate surface area is 135 Å². The summed E-state index contributed by atoms with van der Waals surface area (Å²) in [5, 5.41) is 3.06. The van der Waals surface area contributed by atoms with Gasteiger partial charge in [0.1, 0.15) is 4.83 Å². The van der Waals surface area contributed by atoms with Crippen LogP contribution in [0.3, 0.4) is 0 Å². The Morgan fingerprint density at radius 3 is 2.86 bits per heavy atom. The van der Waals surface area contributed by atoms with Gasteiger partial charge >= 0.3 is 0 Å². The van der Waals surface area contributed by atoms with Gasteiger partial charge < -0.3 is 4.98 Å². The highest BCUT2D eigenvalue weighted by Gasteiger charge is 2.14. The molecule has 0 aliphatic carbocycles. The highest BCUT2D eigenvalue weighted by atomic mass is 32.2. The van der Waals surface area contributed by atoms with E-state index in [1.54, 1.807) is 0 Å². The molecule has 1 N–H and O–H groups in total. The molecule has 0 amide bonds. The summed E-state index contributed by atoms with van der Waals surface area (Å²) in [4.78, 5) is 20.3. The number of hydrogen-bond donors (Lipinski definition) is 1. The molecule has 114 valence electrons. The summed E-state index contributed by atoms with van der Waals surface area (Å²) in [7, 11) is 0. The van der Waals surface area contributed by atoms with Crippen molar-refractivity contribution in [2.24, 2.45) is 0 Å². The predicted molar refractivity (Wildman–Crippen MR) is 91.8 cm³/mol. The van der Waals surface area contributed by atoms with E-state index in [1.165, 1.54) is 28.7 Å². The predicted octanol–water partition coefficient (Wildman–Crippen LogP) is 4.33. The Hall–Kier alpha value is -1.66. The third kappa shape index (κ3) is 2.80. The lowest BCUT2D eigenvalue weighted by atomic mass is 9.99. The number of benzene rings is 1. The minimum Gasteiger partial charge on any atom is -0.301 e. The van der Waals surface area contributed by atoms with Crippen molar-refractivity contribution in [1.29, 1.82) is 0 Å². The third-order valence-corrected chi connectivity index (χ3v) is 5.11. The van der Waals surface area contributed by atoms with E-state index in [2.05, 4.69) is 16.0 Å². The molecule has 22 heavy (non-hydrogen) atoms. The van der Waals surface area contributed by atoms with Crippen molar-refractivity contribution in [3.05, 3.63) is 45.1 Å². The number of thiophene rings is 1. The average molecular weight is 334 g/mol. The lowest BCUT2D eigenvalue weighted by Crippen LogP contribution is -2.09. The first-order valence-corrected chi connectivity index (χ1v) is 8.74. The van der Waals surface area contributed by atoms with Crippen molar-refractivity contribution < 1.29 is 4.39 Å². The lowest BCUT2D eigenvalue weighted by molar-refractivity contribution is 0.532. The first-order valence-electron chi connectivity index (χ1n) is 6.88. The van der Waals surface area contributed by atoms with E-state index in [-0.39, 0.29) is 5.56 Å². The Morgan fingerprint density at radius 1 is 1.32 bits per heavy atom. The van der Waals surface area contributed by atoms with Gasteiger partial charge in [-0.25, -0.2) is 4.98 Å². The third-order valence-electron chi connectivity index (χ3n) is 3.41. The van der Waals surface area contributed by atoms with Crippen LogP contribution >= 0.6 is 23.1 Å². The van der Waals surface area contributed by atoms with Crippen LogP contribution in [0.4, 0.5) is 4.39 Å². The van der Waals surface area contributed by atoms with Gasteiger partial charge in [0.2, 0.25) is 0 Å². The summed E-state index contributed by atoms with van der Waals surface area (Å²) < 4.78 is 12.3. The number of rotatable bonds is 4. The maximum absolute atomic E-state index is 12.4. The maximum atomic E-state index is 12.4. The molecule has 0 atom stereocenters. The van der Waals surface area contributed by atoms with Crippen LogP contribution in [0.5, 0.6) is 0 Å². The van der Waals surface area contributed by atoms with Gasteiger partial charge in [0.25, 0.3) is 5.56 Å². The summed E-state index contributed by atoms with van der Waals surface area (Å²) in [6, 6.07) is 6.18. The molecule has 3 nitrogen and oxygen atoms in total. The van der Waals surface area contributed by atoms with Gasteiger partial charge in [-0.15, -0.1) is 11.3 Å². The second-order valence-electron chi connectivity index (χ2n) is 5.06. The van der Waals surface area contributed by atoms with Crippen molar-refractivity contribution >= 4 is 33.3 Å². The zero-order chi connectivity index (χ0) is 15.7. The van der Waals surface area contributed by atoms with Crippen LogP contribution in [0.1, 0.15) is 11.1 Å². The monoisotopic (exact) mass is 334 g/mol. The first kappa shape index (κ1) is 15.2. The number of nitrogens with zero attached hydrogens (tertiary/aromatic N) is 1. The number of alkyl halides is 1. The number of aromatic amines is 1. The molecule has 0 unspecified atom stereocenters. The Kier molecular flexibility index (Phi) is 4.31. The van der Waals surface area contributed by atoms with Crippen LogP contribution in [-0.2, 0) is 0 Å². The van der Waals surface area contributed by atoms with Gasteiger partial charge in [0.05, 0.1) is 12.1 Å². The molecule has 1 aromatic carbocycles. The molecule has 0 spiro atoms. The fraction of sp³-hybridized carbons (Fsp3) is 0.250. The molecule has 2 aromatic heterocycles. The van der Waals surface area contributed by atoms with Crippen LogP contribution < -0.4 is 5.56 Å². The maximum Gasteiger partial charge on any atom is 0.260 e. The molecule has 3 aromatic rings. The fourth-order valence-electron chi connectivity index (χ4n) is 2.45. The number of halogens is 1. The van der Waals surface area contributed by atoms with E-state index >= 15 is 0 Å². The van der Waals surface area contributed by atoms with E-state index in [1.807, 2.05) is 31.4 Å². The molecule has 0 fully saturated rings. The van der Waals surface area contributed by atoms with E-state index < -0.39 is 6.67 Å². The Morgan fingerprint density at radius 2 is 2.14 bits per heavy atom. The largest absolute Gasteiger partial charge is 0.301 e. The van der Waals surface area contributed by atoms with Crippen molar-refractivity contribution in [3.63, 3.8) is 0 Å². The molecule has 0 aliphatic heterocycles. The van der Waals surface area contributed by atoms with Gasteiger partial charge in [-0.2, -0.15) is 0 Å². The van der Waals surface area contributed by atoms with Crippen molar-refractivity contribution in [2.45, 2.75) is 19.0 Å². The molecular weight excluding hydrogens is 319 g/mol. The molecule has 2 heterocycles. The Balaban J connectivity index is 2.14. The number of aromatic nitrogens is 2. The van der Waals surface area contributed by atoms with Crippen molar-refractivity contribution in [3.8, 4) is 11.1 Å². The lowest BCUT2D eigenvalue weighted by Gasteiger charge is -2.06. The number of H-pyrrole nitrogens is 1. The molecule has 0 saturated carbocycles. The first-order chi connectivity index (χ1) is 10.6. The highest BCUT2D eigenvalue weighted by molar-refractivity contribution is 7.99. The van der Waals surface area contributed by atoms with Crippen LogP contribution in [0.2, 0.25) is 0 Å². The minimum atomic E-state index is -0.440. The second kappa shape index (κ2) is 6.22. The molecule has 6 heteroatoms. The van der Waals surface area contributed by atoms with Crippen molar-refractivity contribution in [1.82, 2.24) is 9.97 Å². The molecular formula is C16H15FN2OS2.